The Morgan fingerprint density at radius 1 is 1.30 bits per heavy atom. The number of aromatic nitrogens is 1. The molecule has 0 saturated carbocycles. The molecular weight excluding hydrogens is 298 g/mol. The van der Waals surface area contributed by atoms with Crippen molar-refractivity contribution >= 4 is 28.8 Å². The predicted molar refractivity (Wildman–Crippen MR) is 86.6 cm³/mol. The number of amides is 2. The van der Waals surface area contributed by atoms with Crippen LogP contribution in [0.1, 0.15) is 39.5 Å². The largest absolute Gasteiger partial charge is 0.481 e. The highest BCUT2D eigenvalue weighted by Crippen LogP contribution is 2.27. The van der Waals surface area contributed by atoms with E-state index in [1.807, 2.05) is 20.8 Å². The Bertz CT molecular complexity index is 716. The van der Waals surface area contributed by atoms with Gasteiger partial charge in [-0.2, -0.15) is 0 Å². The van der Waals surface area contributed by atoms with Crippen molar-refractivity contribution < 1.29 is 19.1 Å². The van der Waals surface area contributed by atoms with Gasteiger partial charge in [0.05, 0.1) is 0 Å². The SMILES string of the molecule is CC(C)(C)c1nc2cc(NC(=O)NCCCC(=O)O)ccc2o1. The lowest BCUT2D eigenvalue weighted by Gasteiger charge is -2.11. The number of hydrogen-bond acceptors (Lipinski definition) is 4. The van der Waals surface area contributed by atoms with Crippen LogP contribution in [0.2, 0.25) is 0 Å². The maximum Gasteiger partial charge on any atom is 0.319 e. The minimum atomic E-state index is -0.877. The van der Waals surface area contributed by atoms with Gasteiger partial charge in [-0.25, -0.2) is 9.78 Å². The van der Waals surface area contributed by atoms with Crippen molar-refractivity contribution in [3.63, 3.8) is 0 Å². The van der Waals surface area contributed by atoms with Crippen molar-refractivity contribution in [3.05, 3.63) is 24.1 Å². The maximum absolute atomic E-state index is 11.7. The quantitative estimate of drug-likeness (QED) is 0.734. The lowest BCUT2D eigenvalue weighted by Crippen LogP contribution is -2.29. The Morgan fingerprint density at radius 3 is 2.70 bits per heavy atom. The first-order chi connectivity index (χ1) is 10.8. The second kappa shape index (κ2) is 6.68. The van der Waals surface area contributed by atoms with Gasteiger partial charge in [0.25, 0.3) is 0 Å². The molecule has 0 radical (unpaired) electrons. The smallest absolute Gasteiger partial charge is 0.319 e. The first kappa shape index (κ1) is 16.8. The van der Waals surface area contributed by atoms with Crippen molar-refractivity contribution in [1.82, 2.24) is 10.3 Å². The van der Waals surface area contributed by atoms with Crippen LogP contribution < -0.4 is 10.6 Å². The molecule has 0 atom stereocenters. The first-order valence-corrected chi connectivity index (χ1v) is 7.43. The van der Waals surface area contributed by atoms with Crippen LogP contribution >= 0.6 is 0 Å². The molecule has 0 bridgehead atoms. The van der Waals surface area contributed by atoms with Crippen LogP contribution in [0, 0.1) is 0 Å². The fraction of sp³-hybridized carbons (Fsp3) is 0.438. The topological polar surface area (TPSA) is 104 Å². The number of anilines is 1. The number of nitrogens with zero attached hydrogens (tertiary/aromatic N) is 1. The molecule has 1 aromatic carbocycles. The molecule has 2 rings (SSSR count). The second-order valence-corrected chi connectivity index (χ2v) is 6.33. The fourth-order valence-electron chi connectivity index (χ4n) is 1.94. The zero-order valence-corrected chi connectivity index (χ0v) is 13.5. The van der Waals surface area contributed by atoms with Gasteiger partial charge in [-0.05, 0) is 24.6 Å². The third-order valence-corrected chi connectivity index (χ3v) is 3.14. The number of carbonyl (C=O) groups excluding carboxylic acids is 1. The summed E-state index contributed by atoms with van der Waals surface area (Å²) < 4.78 is 5.70. The summed E-state index contributed by atoms with van der Waals surface area (Å²) in [5, 5.41) is 13.8. The molecule has 124 valence electrons. The molecule has 0 unspecified atom stereocenters. The third kappa shape index (κ3) is 4.70. The Balaban J connectivity index is 1.98. The summed E-state index contributed by atoms with van der Waals surface area (Å²) >= 11 is 0. The van der Waals surface area contributed by atoms with Gasteiger partial charge >= 0.3 is 12.0 Å². The van der Waals surface area contributed by atoms with E-state index in [0.29, 0.717) is 35.6 Å². The van der Waals surface area contributed by atoms with Crippen LogP contribution in [-0.2, 0) is 10.2 Å². The Hall–Kier alpha value is -2.57. The number of hydrogen-bond donors (Lipinski definition) is 3. The number of urea groups is 1. The van der Waals surface area contributed by atoms with Gasteiger partial charge in [0.2, 0.25) is 5.89 Å². The number of fused-ring (bicyclic) bond motifs is 1. The number of aliphatic carboxylic acids is 1. The minimum Gasteiger partial charge on any atom is -0.481 e. The number of rotatable bonds is 5. The number of oxazole rings is 1. The summed E-state index contributed by atoms with van der Waals surface area (Å²) in [4.78, 5) is 26.6. The highest BCUT2D eigenvalue weighted by atomic mass is 16.4. The average Bonchev–Trinajstić information content (AvgIpc) is 2.86. The third-order valence-electron chi connectivity index (χ3n) is 3.14. The van der Waals surface area contributed by atoms with Crippen LogP contribution in [0.15, 0.2) is 22.6 Å². The molecule has 1 aromatic heterocycles. The standard InChI is InChI=1S/C16H21N3O4/c1-16(2,3)14-19-11-9-10(6-7-12(11)23-14)18-15(22)17-8-4-5-13(20)21/h6-7,9H,4-5,8H2,1-3H3,(H,20,21)(H2,17,18,22). The van der Waals surface area contributed by atoms with Gasteiger partial charge in [-0.1, -0.05) is 20.8 Å². The van der Waals surface area contributed by atoms with E-state index in [0.717, 1.165) is 0 Å². The van der Waals surface area contributed by atoms with Gasteiger partial charge in [-0.15, -0.1) is 0 Å². The molecule has 7 heteroatoms. The van der Waals surface area contributed by atoms with Crippen molar-refractivity contribution in [2.75, 3.05) is 11.9 Å². The van der Waals surface area contributed by atoms with Gasteiger partial charge in [0, 0.05) is 24.1 Å². The first-order valence-electron chi connectivity index (χ1n) is 7.43. The summed E-state index contributed by atoms with van der Waals surface area (Å²) in [6.45, 7) is 6.35. The van der Waals surface area contributed by atoms with Crippen molar-refractivity contribution in [2.45, 2.75) is 39.0 Å². The molecule has 0 aliphatic rings. The summed E-state index contributed by atoms with van der Waals surface area (Å²) in [7, 11) is 0. The lowest BCUT2D eigenvalue weighted by molar-refractivity contribution is -0.137. The minimum absolute atomic E-state index is 0.0285. The molecule has 0 fully saturated rings. The van der Waals surface area contributed by atoms with Crippen LogP contribution in [0.4, 0.5) is 10.5 Å². The van der Waals surface area contributed by atoms with E-state index in [2.05, 4.69) is 15.6 Å². The Morgan fingerprint density at radius 2 is 2.04 bits per heavy atom. The van der Waals surface area contributed by atoms with E-state index in [4.69, 9.17) is 9.52 Å². The van der Waals surface area contributed by atoms with Crippen molar-refractivity contribution in [1.29, 1.82) is 0 Å². The summed E-state index contributed by atoms with van der Waals surface area (Å²) in [5.74, 6) is -0.235. The van der Waals surface area contributed by atoms with E-state index in [9.17, 15) is 9.59 Å². The zero-order chi connectivity index (χ0) is 17.0. The van der Waals surface area contributed by atoms with Crippen LogP contribution in [0.3, 0.4) is 0 Å². The fourth-order valence-corrected chi connectivity index (χ4v) is 1.94. The van der Waals surface area contributed by atoms with Gasteiger partial charge in [-0.3, -0.25) is 4.79 Å². The van der Waals surface area contributed by atoms with E-state index in [1.165, 1.54) is 0 Å². The van der Waals surface area contributed by atoms with Crippen molar-refractivity contribution in [3.8, 4) is 0 Å². The van der Waals surface area contributed by atoms with E-state index in [-0.39, 0.29) is 17.9 Å². The highest BCUT2D eigenvalue weighted by molar-refractivity contribution is 5.91. The van der Waals surface area contributed by atoms with Crippen LogP contribution in [0.5, 0.6) is 0 Å². The summed E-state index contributed by atoms with van der Waals surface area (Å²) in [5.41, 5.74) is 1.76. The van der Waals surface area contributed by atoms with E-state index < -0.39 is 5.97 Å². The van der Waals surface area contributed by atoms with Gasteiger partial charge in [0.15, 0.2) is 5.58 Å². The van der Waals surface area contributed by atoms with Crippen molar-refractivity contribution in [2.24, 2.45) is 0 Å². The average molecular weight is 319 g/mol. The highest BCUT2D eigenvalue weighted by Gasteiger charge is 2.21. The van der Waals surface area contributed by atoms with E-state index >= 15 is 0 Å². The molecule has 0 aliphatic carbocycles. The lowest BCUT2D eigenvalue weighted by atomic mass is 9.97. The molecule has 2 amide bonds. The predicted octanol–water partition coefficient (Wildman–Crippen LogP) is 3.11. The zero-order valence-electron chi connectivity index (χ0n) is 13.5. The molecule has 2 aromatic rings. The van der Waals surface area contributed by atoms with Crippen LogP contribution in [-0.4, -0.2) is 28.6 Å². The Labute approximate surface area is 134 Å². The molecule has 0 spiro atoms. The summed E-state index contributed by atoms with van der Waals surface area (Å²) in [6.07, 6.45) is 0.417. The van der Waals surface area contributed by atoms with Crippen LogP contribution in [0.25, 0.3) is 11.1 Å². The van der Waals surface area contributed by atoms with Gasteiger partial charge < -0.3 is 20.2 Å². The number of carbonyl (C=O) groups is 2. The van der Waals surface area contributed by atoms with Gasteiger partial charge in [0.1, 0.15) is 5.52 Å². The number of nitrogens with one attached hydrogen (secondary N) is 2. The van der Waals surface area contributed by atoms with E-state index in [1.54, 1.807) is 18.2 Å². The monoisotopic (exact) mass is 319 g/mol. The molecule has 0 saturated heterocycles. The normalized spacial score (nSPS) is 11.4. The molecule has 0 aliphatic heterocycles. The summed E-state index contributed by atoms with van der Waals surface area (Å²) in [6, 6.07) is 4.86. The second-order valence-electron chi connectivity index (χ2n) is 6.33. The number of benzene rings is 1. The molecular formula is C16H21N3O4. The Kier molecular flexibility index (Phi) is 4.88. The molecule has 1 heterocycles. The maximum atomic E-state index is 11.7. The molecule has 3 N–H and O–H groups in total. The molecule has 7 nitrogen and oxygen atoms in total. The number of carboxylic acid groups (broad SMARTS) is 1. The number of carboxylic acids is 1. The molecule has 23 heavy (non-hydrogen) atoms.